The van der Waals surface area contributed by atoms with E-state index in [1.165, 1.54) is 38.3 Å². The topological polar surface area (TPSA) is 72.5 Å². The van der Waals surface area contributed by atoms with Gasteiger partial charge in [-0.15, -0.1) is 0 Å². The summed E-state index contributed by atoms with van der Waals surface area (Å²) in [6.45, 7) is 2.79. The van der Waals surface area contributed by atoms with Crippen LogP contribution in [0.2, 0.25) is 0 Å². The van der Waals surface area contributed by atoms with E-state index in [0.717, 1.165) is 0 Å². The highest BCUT2D eigenvalue weighted by atomic mass is 32.2. The molecule has 2 aromatic carbocycles. The van der Waals surface area contributed by atoms with Gasteiger partial charge < -0.3 is 4.74 Å². The molecule has 1 atom stereocenters. The second kappa shape index (κ2) is 7.43. The summed E-state index contributed by atoms with van der Waals surface area (Å²) >= 11 is 0. The van der Waals surface area contributed by atoms with Crippen molar-refractivity contribution >= 4 is 15.8 Å². The Morgan fingerprint density at radius 2 is 1.88 bits per heavy atom. The molecule has 0 saturated carbocycles. The highest BCUT2D eigenvalue weighted by Gasteiger charge is 2.31. The maximum atomic E-state index is 14.1. The molecule has 0 spiro atoms. The van der Waals surface area contributed by atoms with Crippen LogP contribution < -0.4 is 4.72 Å². The third kappa shape index (κ3) is 4.31. The van der Waals surface area contributed by atoms with Crippen LogP contribution in [0.15, 0.2) is 53.4 Å². The molecule has 1 N–H and O–H groups in total. The molecule has 0 saturated heterocycles. The first-order chi connectivity index (χ1) is 11.7. The van der Waals surface area contributed by atoms with E-state index in [2.05, 4.69) is 4.72 Å². The second-order valence-electron chi connectivity index (χ2n) is 5.82. The van der Waals surface area contributed by atoms with Crippen LogP contribution in [-0.2, 0) is 20.4 Å². The van der Waals surface area contributed by atoms with Gasteiger partial charge in [-0.05, 0) is 32.0 Å². The van der Waals surface area contributed by atoms with Crippen molar-refractivity contribution in [3.8, 4) is 0 Å². The number of rotatable bonds is 7. The maximum absolute atomic E-state index is 14.1. The molecule has 0 fully saturated rings. The summed E-state index contributed by atoms with van der Waals surface area (Å²) in [5.41, 5.74) is -0.638. The summed E-state index contributed by atoms with van der Waals surface area (Å²) in [4.78, 5) is 11.4. The van der Waals surface area contributed by atoms with Crippen LogP contribution in [0.3, 0.4) is 0 Å². The largest absolute Gasteiger partial charge is 0.372 e. The molecular weight excluding hydrogens is 345 g/mol. The summed E-state index contributed by atoms with van der Waals surface area (Å²) in [6.07, 6.45) is 0. The van der Waals surface area contributed by atoms with E-state index in [1.54, 1.807) is 31.2 Å². The average Bonchev–Trinajstić information content (AvgIpc) is 2.60. The smallest absolute Gasteiger partial charge is 0.240 e. The van der Waals surface area contributed by atoms with Crippen molar-refractivity contribution in [2.75, 3.05) is 13.7 Å². The first-order valence-corrected chi connectivity index (χ1v) is 9.09. The van der Waals surface area contributed by atoms with Gasteiger partial charge in [0.25, 0.3) is 0 Å². The van der Waals surface area contributed by atoms with Crippen LogP contribution in [0.25, 0.3) is 0 Å². The quantitative estimate of drug-likeness (QED) is 0.766. The summed E-state index contributed by atoms with van der Waals surface area (Å²) in [5.74, 6) is -0.713. The van der Waals surface area contributed by atoms with E-state index in [4.69, 9.17) is 4.74 Å². The van der Waals surface area contributed by atoms with Gasteiger partial charge in [0.15, 0.2) is 5.78 Å². The number of carbonyl (C=O) groups excluding carboxylic acids is 1. The molecule has 0 aromatic heterocycles. The standard InChI is InChI=1S/C18H20FNO4S/c1-13(21)14-7-6-8-15(11-14)25(22,23)20-12-18(2,24-3)16-9-4-5-10-17(16)19/h4-11,20H,12H2,1-3H3/t18-/m0/s1. The molecule has 25 heavy (non-hydrogen) atoms. The van der Waals surface area contributed by atoms with E-state index in [0.29, 0.717) is 5.56 Å². The molecule has 0 aliphatic carbocycles. The fraction of sp³-hybridized carbons (Fsp3) is 0.278. The minimum atomic E-state index is -3.89. The lowest BCUT2D eigenvalue weighted by atomic mass is 9.95. The predicted octanol–water partition coefficient (Wildman–Crippen LogP) is 2.87. The third-order valence-corrected chi connectivity index (χ3v) is 5.44. The van der Waals surface area contributed by atoms with Crippen LogP contribution in [0, 0.1) is 5.82 Å². The van der Waals surface area contributed by atoms with Gasteiger partial charge in [0.05, 0.1) is 4.90 Å². The van der Waals surface area contributed by atoms with Crippen molar-refractivity contribution in [2.45, 2.75) is 24.3 Å². The number of Topliss-reactive ketones (excluding diaryl/α,β-unsaturated/α-hetero) is 1. The number of benzene rings is 2. The first kappa shape index (κ1) is 19.2. The zero-order valence-electron chi connectivity index (χ0n) is 14.2. The van der Waals surface area contributed by atoms with Crippen molar-refractivity contribution in [3.63, 3.8) is 0 Å². The second-order valence-corrected chi connectivity index (χ2v) is 7.59. The molecule has 0 heterocycles. The number of ketones is 1. The summed E-state index contributed by atoms with van der Waals surface area (Å²) < 4.78 is 46.9. The summed E-state index contributed by atoms with van der Waals surface area (Å²) in [6, 6.07) is 11.8. The molecule has 0 radical (unpaired) electrons. The Labute approximate surface area is 146 Å². The van der Waals surface area contributed by atoms with Gasteiger partial charge in [-0.1, -0.05) is 30.3 Å². The number of ether oxygens (including phenoxy) is 1. The van der Waals surface area contributed by atoms with Gasteiger partial charge >= 0.3 is 0 Å². The van der Waals surface area contributed by atoms with E-state index < -0.39 is 21.4 Å². The van der Waals surface area contributed by atoms with Gasteiger partial charge in [-0.25, -0.2) is 17.5 Å². The SMILES string of the molecule is CO[C@@](C)(CNS(=O)(=O)c1cccc(C(C)=O)c1)c1ccccc1F. The molecule has 0 amide bonds. The Hall–Kier alpha value is -2.09. The number of nitrogens with one attached hydrogen (secondary N) is 1. The Balaban J connectivity index is 2.27. The maximum Gasteiger partial charge on any atom is 0.240 e. The lowest BCUT2D eigenvalue weighted by Crippen LogP contribution is -2.40. The first-order valence-electron chi connectivity index (χ1n) is 7.60. The van der Waals surface area contributed by atoms with Crippen LogP contribution in [0.5, 0.6) is 0 Å². The Bertz CT molecular complexity index is 882. The van der Waals surface area contributed by atoms with Crippen molar-refractivity contribution in [1.82, 2.24) is 4.72 Å². The van der Waals surface area contributed by atoms with E-state index in [1.807, 2.05) is 0 Å². The number of hydrogen-bond donors (Lipinski definition) is 1. The van der Waals surface area contributed by atoms with Crippen molar-refractivity contribution in [3.05, 3.63) is 65.5 Å². The molecular formula is C18H20FNO4S. The number of methoxy groups -OCH3 is 1. The minimum Gasteiger partial charge on any atom is -0.372 e. The van der Waals surface area contributed by atoms with Gasteiger partial charge in [-0.2, -0.15) is 0 Å². The van der Waals surface area contributed by atoms with E-state index in [9.17, 15) is 17.6 Å². The molecule has 2 rings (SSSR count). The fourth-order valence-corrected chi connectivity index (χ4v) is 3.54. The van der Waals surface area contributed by atoms with Crippen LogP contribution in [0.1, 0.15) is 29.8 Å². The zero-order valence-corrected chi connectivity index (χ0v) is 15.1. The molecule has 0 unspecified atom stereocenters. The molecule has 0 aliphatic rings. The van der Waals surface area contributed by atoms with Crippen LogP contribution >= 0.6 is 0 Å². The van der Waals surface area contributed by atoms with Gasteiger partial charge in [0.2, 0.25) is 10.0 Å². The normalized spacial score (nSPS) is 14.1. The van der Waals surface area contributed by atoms with E-state index in [-0.39, 0.29) is 22.8 Å². The molecule has 7 heteroatoms. The predicted molar refractivity (Wildman–Crippen MR) is 92.4 cm³/mol. The van der Waals surface area contributed by atoms with Crippen molar-refractivity contribution in [1.29, 1.82) is 0 Å². The third-order valence-electron chi connectivity index (χ3n) is 4.04. The molecule has 0 aliphatic heterocycles. The molecule has 2 aromatic rings. The van der Waals surface area contributed by atoms with E-state index >= 15 is 0 Å². The highest BCUT2D eigenvalue weighted by molar-refractivity contribution is 7.89. The monoisotopic (exact) mass is 365 g/mol. The van der Waals surface area contributed by atoms with Gasteiger partial charge in [0.1, 0.15) is 11.4 Å². The minimum absolute atomic E-state index is 0.0350. The van der Waals surface area contributed by atoms with Crippen LogP contribution in [0.4, 0.5) is 4.39 Å². The number of carbonyl (C=O) groups is 1. The average molecular weight is 365 g/mol. The lowest BCUT2D eigenvalue weighted by Gasteiger charge is -2.29. The van der Waals surface area contributed by atoms with Crippen molar-refractivity contribution < 1.29 is 22.3 Å². The Kier molecular flexibility index (Phi) is 5.72. The highest BCUT2D eigenvalue weighted by Crippen LogP contribution is 2.27. The van der Waals surface area contributed by atoms with Gasteiger partial charge in [-0.3, -0.25) is 4.79 Å². The fourth-order valence-electron chi connectivity index (χ4n) is 2.37. The Morgan fingerprint density at radius 3 is 2.48 bits per heavy atom. The molecule has 5 nitrogen and oxygen atoms in total. The lowest BCUT2D eigenvalue weighted by molar-refractivity contribution is 0.00410. The number of hydrogen-bond acceptors (Lipinski definition) is 4. The zero-order chi connectivity index (χ0) is 18.7. The molecule has 134 valence electrons. The van der Waals surface area contributed by atoms with Crippen molar-refractivity contribution in [2.24, 2.45) is 0 Å². The van der Waals surface area contributed by atoms with Gasteiger partial charge in [0, 0.05) is 24.8 Å². The Morgan fingerprint density at radius 1 is 1.20 bits per heavy atom. The number of sulfonamides is 1. The summed E-state index contributed by atoms with van der Waals surface area (Å²) in [7, 11) is -2.50. The molecule has 0 bridgehead atoms. The summed E-state index contributed by atoms with van der Waals surface area (Å²) in [5, 5.41) is 0. The number of halogens is 1. The van der Waals surface area contributed by atoms with Crippen LogP contribution in [-0.4, -0.2) is 27.9 Å².